The number of allylic oxidation sites excluding steroid dienone is 7. The maximum absolute atomic E-state index is 12.7. The third kappa shape index (κ3) is 4.06. The Morgan fingerprint density at radius 3 is 2.64 bits per heavy atom. The number of ketones is 1. The number of carbonyl (C=O) groups is 1. The van der Waals surface area contributed by atoms with Crippen LogP contribution in [-0.2, 0) is 11.3 Å². The quantitative estimate of drug-likeness (QED) is 0.842. The monoisotopic (exact) mass is 296 g/mol. The first-order valence-electron chi connectivity index (χ1n) is 7.18. The molecule has 1 aromatic rings. The fourth-order valence-electron chi connectivity index (χ4n) is 2.12. The zero-order chi connectivity index (χ0) is 16.0. The van der Waals surface area contributed by atoms with Gasteiger partial charge in [0.25, 0.3) is 0 Å². The van der Waals surface area contributed by atoms with Gasteiger partial charge >= 0.3 is 0 Å². The number of rotatable bonds is 5. The van der Waals surface area contributed by atoms with Crippen LogP contribution in [0.4, 0.5) is 0 Å². The average molecular weight is 296 g/mol. The van der Waals surface area contributed by atoms with Crippen LogP contribution in [0.3, 0.4) is 0 Å². The molecule has 1 aromatic carbocycles. The molecule has 3 heteroatoms. The molecule has 22 heavy (non-hydrogen) atoms. The first-order chi connectivity index (χ1) is 10.5. The number of benzene rings is 1. The van der Waals surface area contributed by atoms with Gasteiger partial charge in [-0.1, -0.05) is 48.6 Å². The van der Waals surface area contributed by atoms with E-state index in [-0.39, 0.29) is 12.4 Å². The number of hydrogen-bond donors (Lipinski definition) is 1. The van der Waals surface area contributed by atoms with E-state index in [0.717, 1.165) is 0 Å². The predicted molar refractivity (Wildman–Crippen MR) is 87.4 cm³/mol. The Morgan fingerprint density at radius 1 is 1.14 bits per heavy atom. The highest BCUT2D eigenvalue weighted by atomic mass is 16.5. The predicted octanol–water partition coefficient (Wildman–Crippen LogP) is 3.72. The van der Waals surface area contributed by atoms with Crippen molar-refractivity contribution in [1.82, 2.24) is 0 Å². The number of carbonyl (C=O) groups excluding carboxylic acids is 1. The highest BCUT2D eigenvalue weighted by Gasteiger charge is 2.31. The van der Waals surface area contributed by atoms with Crippen molar-refractivity contribution < 1.29 is 14.6 Å². The highest BCUT2D eigenvalue weighted by molar-refractivity contribution is 6.02. The number of Topliss-reactive ketones (excluding diaryl/α,β-unsaturated/α-hetero) is 1. The summed E-state index contributed by atoms with van der Waals surface area (Å²) in [6.45, 7) is 3.40. The molecule has 0 unspecified atom stereocenters. The Labute approximate surface area is 130 Å². The third-order valence-corrected chi connectivity index (χ3v) is 3.26. The Morgan fingerprint density at radius 2 is 1.86 bits per heavy atom. The summed E-state index contributed by atoms with van der Waals surface area (Å²) in [6, 6.07) is 6.97. The van der Waals surface area contributed by atoms with Crippen molar-refractivity contribution >= 4 is 5.78 Å². The summed E-state index contributed by atoms with van der Waals surface area (Å²) >= 11 is 0. The fourth-order valence-corrected chi connectivity index (χ4v) is 2.12. The summed E-state index contributed by atoms with van der Waals surface area (Å²) in [5, 5.41) is 9.19. The molecule has 1 aliphatic carbocycles. The molecule has 2 rings (SSSR count). The topological polar surface area (TPSA) is 46.5 Å². The second kappa shape index (κ2) is 7.05. The molecule has 3 nitrogen and oxygen atoms in total. The molecular formula is C19H20O3. The van der Waals surface area contributed by atoms with Crippen molar-refractivity contribution in [3.63, 3.8) is 0 Å². The van der Waals surface area contributed by atoms with Gasteiger partial charge in [-0.25, -0.2) is 0 Å². The Hall–Kier alpha value is -2.39. The van der Waals surface area contributed by atoms with Crippen molar-refractivity contribution in [2.45, 2.75) is 26.1 Å². The summed E-state index contributed by atoms with van der Waals surface area (Å²) in [5.74, 6) is 0.496. The summed E-state index contributed by atoms with van der Waals surface area (Å²) in [5.41, 5.74) is 0.239. The van der Waals surface area contributed by atoms with Gasteiger partial charge in [-0.2, -0.15) is 0 Å². The van der Waals surface area contributed by atoms with E-state index in [2.05, 4.69) is 0 Å². The number of hydrogen-bond acceptors (Lipinski definition) is 3. The van der Waals surface area contributed by atoms with Crippen molar-refractivity contribution in [2.24, 2.45) is 0 Å². The fraction of sp³-hybridized carbons (Fsp3) is 0.211. The lowest BCUT2D eigenvalue weighted by Gasteiger charge is -2.26. The normalized spacial score (nSPS) is 14.2. The van der Waals surface area contributed by atoms with Crippen LogP contribution < -0.4 is 0 Å². The minimum absolute atomic E-state index is 0.0899. The Bertz CT molecular complexity index is 661. The molecule has 0 fully saturated rings. The number of ether oxygens (including phenoxy) is 1. The number of aliphatic hydroxyl groups excluding tert-OH is 1. The van der Waals surface area contributed by atoms with Crippen molar-refractivity contribution in [2.75, 3.05) is 0 Å². The van der Waals surface area contributed by atoms with Crippen LogP contribution in [-0.4, -0.2) is 16.5 Å². The molecule has 0 aliphatic heterocycles. The summed E-state index contributed by atoms with van der Waals surface area (Å²) in [6.07, 6.45) is 13.1. The first kappa shape index (κ1) is 16.0. The first-order valence-corrected chi connectivity index (χ1v) is 7.18. The second-order valence-corrected chi connectivity index (χ2v) is 5.50. The molecule has 0 radical (unpaired) electrons. The Balaban J connectivity index is 2.19. The van der Waals surface area contributed by atoms with Gasteiger partial charge in [0, 0.05) is 5.56 Å². The van der Waals surface area contributed by atoms with Crippen LogP contribution in [0.2, 0.25) is 0 Å². The largest absolute Gasteiger partial charge is 0.480 e. The molecule has 1 N–H and O–H groups in total. The molecule has 114 valence electrons. The summed E-state index contributed by atoms with van der Waals surface area (Å²) in [7, 11) is 0. The summed E-state index contributed by atoms with van der Waals surface area (Å²) in [4.78, 5) is 12.7. The maximum atomic E-state index is 12.7. The van der Waals surface area contributed by atoms with E-state index in [9.17, 15) is 9.90 Å². The minimum Gasteiger partial charge on any atom is -0.480 e. The molecule has 0 saturated carbocycles. The van der Waals surface area contributed by atoms with E-state index in [1.165, 1.54) is 0 Å². The van der Waals surface area contributed by atoms with Crippen LogP contribution in [0.1, 0.15) is 29.8 Å². The zero-order valence-electron chi connectivity index (χ0n) is 12.8. The van der Waals surface area contributed by atoms with E-state index in [4.69, 9.17) is 4.74 Å². The lowest BCUT2D eigenvalue weighted by molar-refractivity contribution is 0.0332. The van der Waals surface area contributed by atoms with E-state index in [1.807, 2.05) is 42.5 Å². The van der Waals surface area contributed by atoms with Gasteiger partial charge in [-0.3, -0.25) is 4.79 Å². The molecule has 0 aromatic heterocycles. The molecule has 1 aliphatic rings. The minimum atomic E-state index is -0.999. The van der Waals surface area contributed by atoms with Crippen molar-refractivity contribution in [1.29, 1.82) is 0 Å². The van der Waals surface area contributed by atoms with E-state index < -0.39 is 5.60 Å². The van der Waals surface area contributed by atoms with Crippen LogP contribution >= 0.6 is 0 Å². The van der Waals surface area contributed by atoms with Gasteiger partial charge in [0.2, 0.25) is 5.78 Å². The van der Waals surface area contributed by atoms with Crippen LogP contribution in [0.5, 0.6) is 0 Å². The van der Waals surface area contributed by atoms with Crippen molar-refractivity contribution in [3.05, 3.63) is 83.7 Å². The van der Waals surface area contributed by atoms with E-state index in [1.54, 1.807) is 38.1 Å². The van der Waals surface area contributed by atoms with Gasteiger partial charge < -0.3 is 9.84 Å². The standard InChI is InChI=1S/C19H20O3/c1-19(2,22-17-11-6-4-3-5-7-12-17)18(21)16-10-8-9-15(13-16)14-20/h3-13,20H,14H2,1-2H3. The van der Waals surface area contributed by atoms with Gasteiger partial charge in [0.15, 0.2) is 5.60 Å². The van der Waals surface area contributed by atoms with Gasteiger partial charge in [0.1, 0.15) is 5.76 Å². The van der Waals surface area contributed by atoms with Crippen LogP contribution in [0.15, 0.2) is 72.6 Å². The van der Waals surface area contributed by atoms with Crippen molar-refractivity contribution in [3.8, 4) is 0 Å². The smallest absolute Gasteiger partial charge is 0.205 e. The van der Waals surface area contributed by atoms with Crippen LogP contribution in [0, 0.1) is 0 Å². The SMILES string of the molecule is CC(C)(OC1=CC=CC=CC=C1)C(=O)c1cccc(CO)c1. The van der Waals surface area contributed by atoms with Gasteiger partial charge in [-0.05, 0) is 37.6 Å². The molecule has 0 amide bonds. The van der Waals surface area contributed by atoms with Gasteiger partial charge in [-0.15, -0.1) is 0 Å². The Kier molecular flexibility index (Phi) is 5.12. The molecule has 0 bridgehead atoms. The average Bonchev–Trinajstić information content (AvgIpc) is 2.49. The highest BCUT2D eigenvalue weighted by Crippen LogP contribution is 2.22. The molecule has 0 saturated heterocycles. The van der Waals surface area contributed by atoms with Crippen LogP contribution in [0.25, 0.3) is 0 Å². The maximum Gasteiger partial charge on any atom is 0.205 e. The third-order valence-electron chi connectivity index (χ3n) is 3.26. The van der Waals surface area contributed by atoms with Gasteiger partial charge in [0.05, 0.1) is 6.61 Å². The summed E-state index contributed by atoms with van der Waals surface area (Å²) < 4.78 is 5.88. The molecular weight excluding hydrogens is 276 g/mol. The number of aliphatic hydroxyl groups is 1. The lowest BCUT2D eigenvalue weighted by Crippen LogP contribution is -2.34. The van der Waals surface area contributed by atoms with E-state index in [0.29, 0.717) is 16.9 Å². The molecule has 0 heterocycles. The lowest BCUT2D eigenvalue weighted by atomic mass is 9.95. The molecule has 0 atom stereocenters. The van der Waals surface area contributed by atoms with E-state index >= 15 is 0 Å². The molecule has 0 spiro atoms. The second-order valence-electron chi connectivity index (χ2n) is 5.50. The zero-order valence-corrected chi connectivity index (χ0v) is 12.8.